The molecule has 13 heteroatoms. The van der Waals surface area contributed by atoms with Crippen LogP contribution in [0.25, 0.3) is 11.3 Å². The quantitative estimate of drug-likeness (QED) is 0.101. The first-order valence-electron chi connectivity index (χ1n) is 20.4. The molecule has 0 saturated carbocycles. The number of alkyl carbamates (subject to hydrolysis) is 1. The Morgan fingerprint density at radius 2 is 1.43 bits per heavy atom. The zero-order chi connectivity index (χ0) is 43.6. The molecular formula is C47H59FN6O6. The van der Waals surface area contributed by atoms with Gasteiger partial charge in [0.15, 0.2) is 0 Å². The maximum atomic E-state index is 14.6. The summed E-state index contributed by atoms with van der Waals surface area (Å²) < 4.78 is 19.4. The van der Waals surface area contributed by atoms with Gasteiger partial charge in [0.25, 0.3) is 0 Å². The van der Waals surface area contributed by atoms with Crippen LogP contribution in [0.1, 0.15) is 64.7 Å². The number of nitrogens with one attached hydrogen (secondary N) is 3. The van der Waals surface area contributed by atoms with Crippen molar-refractivity contribution in [1.82, 2.24) is 30.7 Å². The largest absolute Gasteiger partial charge is 0.453 e. The third kappa shape index (κ3) is 12.1. The molecule has 0 radical (unpaired) electrons. The minimum atomic E-state index is -1.18. The van der Waals surface area contributed by atoms with Gasteiger partial charge in [-0.25, -0.2) is 14.0 Å². The molecule has 1 fully saturated rings. The van der Waals surface area contributed by atoms with Gasteiger partial charge in [-0.3, -0.25) is 14.6 Å². The van der Waals surface area contributed by atoms with Crippen LogP contribution in [0.3, 0.4) is 0 Å². The number of aliphatic hydroxyl groups excluding tert-OH is 1. The Bertz CT molecular complexity index is 2050. The van der Waals surface area contributed by atoms with Crippen LogP contribution in [0.15, 0.2) is 103 Å². The number of nitrogens with zero attached hydrogens (tertiary/aromatic N) is 3. The van der Waals surface area contributed by atoms with E-state index in [-0.39, 0.29) is 32.0 Å². The van der Waals surface area contributed by atoms with Gasteiger partial charge in [-0.1, -0.05) is 120 Å². The second kappa shape index (κ2) is 20.0. The lowest BCUT2D eigenvalue weighted by molar-refractivity contribution is -0.131. The average Bonchev–Trinajstić information content (AvgIpc) is 3.55. The van der Waals surface area contributed by atoms with Gasteiger partial charge in [0, 0.05) is 36.5 Å². The summed E-state index contributed by atoms with van der Waals surface area (Å²) in [4.78, 5) is 62.3. The lowest BCUT2D eigenvalue weighted by Crippen LogP contribution is -2.59. The van der Waals surface area contributed by atoms with Gasteiger partial charge in [-0.15, -0.1) is 0 Å². The lowest BCUT2D eigenvalue weighted by atomic mass is 9.84. The first-order valence-corrected chi connectivity index (χ1v) is 20.4. The van der Waals surface area contributed by atoms with Gasteiger partial charge in [-0.05, 0) is 59.4 Å². The van der Waals surface area contributed by atoms with Crippen LogP contribution >= 0.6 is 0 Å². The van der Waals surface area contributed by atoms with E-state index in [1.165, 1.54) is 23.0 Å². The van der Waals surface area contributed by atoms with Gasteiger partial charge in [0.05, 0.1) is 31.5 Å². The molecule has 5 atom stereocenters. The van der Waals surface area contributed by atoms with E-state index in [4.69, 9.17) is 4.74 Å². The van der Waals surface area contributed by atoms with Crippen molar-refractivity contribution in [3.8, 4) is 11.3 Å². The van der Waals surface area contributed by atoms with E-state index in [1.54, 1.807) is 24.4 Å². The Morgan fingerprint density at radius 3 is 2.05 bits per heavy atom. The fourth-order valence-corrected chi connectivity index (χ4v) is 7.65. The molecule has 320 valence electrons. The van der Waals surface area contributed by atoms with Crippen LogP contribution in [0.2, 0.25) is 0 Å². The Hall–Kier alpha value is -5.82. The van der Waals surface area contributed by atoms with E-state index in [0.717, 1.165) is 22.4 Å². The summed E-state index contributed by atoms with van der Waals surface area (Å²) in [6.07, 6.45) is 0.395. The molecule has 5 rings (SSSR count). The molecule has 2 heterocycles. The Balaban J connectivity index is 1.42. The molecule has 4 aromatic rings. The van der Waals surface area contributed by atoms with Gasteiger partial charge in [-0.2, -0.15) is 0 Å². The number of ether oxygens (including phenoxy) is 1. The molecule has 0 aliphatic carbocycles. The van der Waals surface area contributed by atoms with E-state index in [9.17, 15) is 28.7 Å². The third-order valence-corrected chi connectivity index (χ3v) is 10.8. The minimum Gasteiger partial charge on any atom is -0.453 e. The van der Waals surface area contributed by atoms with Crippen LogP contribution < -0.4 is 16.0 Å². The number of hydrogen-bond acceptors (Lipinski definition) is 7. The highest BCUT2D eigenvalue weighted by Gasteiger charge is 2.44. The number of halogens is 1. The van der Waals surface area contributed by atoms with E-state index in [0.29, 0.717) is 18.5 Å². The molecule has 1 saturated heterocycles. The fourth-order valence-electron chi connectivity index (χ4n) is 7.65. The van der Waals surface area contributed by atoms with Crippen molar-refractivity contribution in [3.63, 3.8) is 0 Å². The molecule has 0 unspecified atom stereocenters. The highest BCUT2D eigenvalue weighted by Crippen LogP contribution is 2.30. The second-order valence-corrected chi connectivity index (χ2v) is 17.6. The van der Waals surface area contributed by atoms with Crippen LogP contribution in [0, 0.1) is 16.6 Å². The third-order valence-electron chi connectivity index (χ3n) is 10.8. The SMILES string of the molecule is COC(=O)N[C@H](C(=O)N[C@@H](Cc1ccc(-c2ccccn2)cc1)C[C@H](O)[C@H](Cc1ccccc1)NC(=O)[C@@H](N1CCN(Cc2ccccc2F)C1=O)C(C)(C)C)C(C)(C)C. The number of aromatic nitrogens is 1. The van der Waals surface area contributed by atoms with E-state index >= 15 is 0 Å². The number of pyridine rings is 1. The number of urea groups is 1. The number of carbonyl (C=O) groups excluding carboxylic acids is 4. The first kappa shape index (κ1) is 45.3. The fraction of sp³-hybridized carbons (Fsp3) is 0.426. The maximum Gasteiger partial charge on any atom is 0.407 e. The van der Waals surface area contributed by atoms with Crippen molar-refractivity contribution >= 4 is 23.9 Å². The number of carbonyl (C=O) groups is 4. The van der Waals surface area contributed by atoms with E-state index < -0.39 is 64.8 Å². The summed E-state index contributed by atoms with van der Waals surface area (Å²) in [5.74, 6) is -1.31. The van der Waals surface area contributed by atoms with Crippen LogP contribution in [-0.2, 0) is 33.7 Å². The summed E-state index contributed by atoms with van der Waals surface area (Å²) in [6.45, 7) is 11.8. The average molecular weight is 823 g/mol. The molecular weight excluding hydrogens is 764 g/mol. The summed E-state index contributed by atoms with van der Waals surface area (Å²) in [5.41, 5.74) is 2.44. The Labute approximate surface area is 352 Å². The summed E-state index contributed by atoms with van der Waals surface area (Å²) >= 11 is 0. The molecule has 12 nitrogen and oxygen atoms in total. The molecule has 1 aliphatic heterocycles. The first-order chi connectivity index (χ1) is 28.4. The molecule has 4 N–H and O–H groups in total. The molecule has 1 aromatic heterocycles. The summed E-state index contributed by atoms with van der Waals surface area (Å²) in [7, 11) is 1.23. The van der Waals surface area contributed by atoms with Crippen molar-refractivity contribution in [2.24, 2.45) is 10.8 Å². The smallest absolute Gasteiger partial charge is 0.407 e. The maximum absolute atomic E-state index is 14.6. The normalized spacial score (nSPS) is 15.7. The van der Waals surface area contributed by atoms with Gasteiger partial charge < -0.3 is 35.6 Å². The molecule has 60 heavy (non-hydrogen) atoms. The van der Waals surface area contributed by atoms with Gasteiger partial charge in [0.1, 0.15) is 17.9 Å². The van der Waals surface area contributed by atoms with Crippen molar-refractivity contribution < 1.29 is 33.4 Å². The van der Waals surface area contributed by atoms with Crippen molar-refractivity contribution in [2.45, 2.75) is 97.6 Å². The summed E-state index contributed by atoms with van der Waals surface area (Å²) in [5, 5.41) is 21.1. The van der Waals surface area contributed by atoms with Crippen LogP contribution in [-0.4, -0.2) is 94.3 Å². The van der Waals surface area contributed by atoms with Crippen LogP contribution in [0.4, 0.5) is 14.0 Å². The number of methoxy groups -OCH3 is 1. The number of hydrogen-bond donors (Lipinski definition) is 4. The van der Waals surface area contributed by atoms with E-state index in [1.807, 2.05) is 114 Å². The van der Waals surface area contributed by atoms with Crippen molar-refractivity contribution in [3.05, 3.63) is 126 Å². The number of rotatable bonds is 16. The summed E-state index contributed by atoms with van der Waals surface area (Å²) in [6, 6.07) is 25.5. The van der Waals surface area contributed by atoms with Gasteiger partial charge >= 0.3 is 12.1 Å². The molecule has 0 bridgehead atoms. The highest BCUT2D eigenvalue weighted by atomic mass is 19.1. The Morgan fingerprint density at radius 1 is 0.783 bits per heavy atom. The predicted molar refractivity (Wildman–Crippen MR) is 229 cm³/mol. The van der Waals surface area contributed by atoms with Crippen LogP contribution in [0.5, 0.6) is 0 Å². The van der Waals surface area contributed by atoms with Crippen molar-refractivity contribution in [1.29, 1.82) is 0 Å². The standard InChI is InChI=1S/C47H59FN6O6/c1-46(2,3)40(52-44(58)60-7)42(56)50-35(27-32-20-22-33(23-21-32)37-19-13-14-24-49-37)29-39(55)38(28-31-15-9-8-10-16-31)51-43(57)41(47(4,5)6)54-26-25-53(45(54)59)30-34-17-11-12-18-36(34)48/h8-24,35,38-41,55H,25-30H2,1-7H3,(H,50,56)(H,51,57)(H,52,58)/t35-,38-,39-,40+,41+/m0/s1. The molecule has 3 aromatic carbocycles. The highest BCUT2D eigenvalue weighted by molar-refractivity contribution is 5.89. The predicted octanol–water partition coefficient (Wildman–Crippen LogP) is 6.52. The van der Waals surface area contributed by atoms with E-state index in [2.05, 4.69) is 20.9 Å². The number of aliphatic hydroxyl groups is 1. The monoisotopic (exact) mass is 822 g/mol. The zero-order valence-electron chi connectivity index (χ0n) is 35.7. The zero-order valence-corrected chi connectivity index (χ0v) is 35.7. The lowest BCUT2D eigenvalue weighted by Gasteiger charge is -2.38. The van der Waals surface area contributed by atoms with Crippen molar-refractivity contribution in [2.75, 3.05) is 20.2 Å². The topological polar surface area (TPSA) is 153 Å². The van der Waals surface area contributed by atoms with Gasteiger partial charge in [0.2, 0.25) is 11.8 Å². The molecule has 5 amide bonds. The molecule has 0 spiro atoms. The number of amides is 5. The Kier molecular flexibility index (Phi) is 15.1. The second-order valence-electron chi connectivity index (χ2n) is 17.6. The number of benzene rings is 3. The molecule has 1 aliphatic rings. The minimum absolute atomic E-state index is 0.0276.